The first-order valence-electron chi connectivity index (χ1n) is 7.49. The van der Waals surface area contributed by atoms with Crippen LogP contribution in [0, 0.1) is 5.82 Å². The summed E-state index contributed by atoms with van der Waals surface area (Å²) in [5.41, 5.74) is 0.178. The summed E-state index contributed by atoms with van der Waals surface area (Å²) in [6.45, 7) is 2.72. The zero-order chi connectivity index (χ0) is 16.9. The average molecular weight is 336 g/mol. The van der Waals surface area contributed by atoms with Gasteiger partial charge < -0.3 is 20.1 Å². The van der Waals surface area contributed by atoms with Gasteiger partial charge in [0.25, 0.3) is 0 Å². The predicted octanol–water partition coefficient (Wildman–Crippen LogP) is 2.27. The maximum absolute atomic E-state index is 13.1. The molecule has 1 unspecified atom stereocenters. The molecule has 2 N–H and O–H groups in total. The lowest BCUT2D eigenvalue weighted by Crippen LogP contribution is -2.36. The maximum atomic E-state index is 13.1. The van der Waals surface area contributed by atoms with Gasteiger partial charge in [0.2, 0.25) is 0 Å². The number of nitrogens with zero attached hydrogens (tertiary/aromatic N) is 1. The Bertz CT molecular complexity index is 505. The topological polar surface area (TPSA) is 44.7 Å². The number of likely N-dealkylation sites (tertiary alicyclic amines) is 1. The van der Waals surface area contributed by atoms with Crippen molar-refractivity contribution in [2.24, 2.45) is 0 Å². The standard InChI is InChI=1S/C15H20F4N2O2/c16-12-4-3-11(14(7-12)23-15(17,18)19)8-20-9-13(22)10-21-5-1-2-6-21/h3-4,7,13,20,22H,1-2,5-6,8-10H2. The SMILES string of the molecule is OC(CNCc1ccc(F)cc1OC(F)(F)F)CN1CCCC1. The highest BCUT2D eigenvalue weighted by Gasteiger charge is 2.32. The monoisotopic (exact) mass is 336 g/mol. The van der Waals surface area contributed by atoms with E-state index in [0.29, 0.717) is 12.6 Å². The molecule has 1 fully saturated rings. The first-order valence-corrected chi connectivity index (χ1v) is 7.49. The number of halogens is 4. The molecule has 0 aromatic heterocycles. The van der Waals surface area contributed by atoms with E-state index in [9.17, 15) is 22.7 Å². The fourth-order valence-electron chi connectivity index (χ4n) is 2.60. The van der Waals surface area contributed by atoms with Crippen molar-refractivity contribution < 1.29 is 27.4 Å². The molecule has 8 heteroatoms. The minimum absolute atomic E-state index is 0.0444. The molecular weight excluding hydrogens is 316 g/mol. The third kappa shape index (κ3) is 6.32. The van der Waals surface area contributed by atoms with Gasteiger partial charge in [-0.05, 0) is 32.0 Å². The molecule has 1 saturated heterocycles. The molecule has 2 rings (SSSR count). The van der Waals surface area contributed by atoms with Gasteiger partial charge in [-0.3, -0.25) is 0 Å². The van der Waals surface area contributed by atoms with Crippen molar-refractivity contribution in [2.45, 2.75) is 31.9 Å². The van der Waals surface area contributed by atoms with E-state index in [1.54, 1.807) is 0 Å². The molecule has 0 amide bonds. The molecule has 23 heavy (non-hydrogen) atoms. The molecule has 0 spiro atoms. The molecular formula is C15H20F4N2O2. The van der Waals surface area contributed by atoms with Crippen molar-refractivity contribution in [2.75, 3.05) is 26.2 Å². The molecule has 0 bridgehead atoms. The molecule has 4 nitrogen and oxygen atoms in total. The molecule has 0 aliphatic carbocycles. The smallest absolute Gasteiger partial charge is 0.405 e. The van der Waals surface area contributed by atoms with Crippen LogP contribution in [-0.4, -0.2) is 48.7 Å². The highest BCUT2D eigenvalue weighted by Crippen LogP contribution is 2.27. The lowest BCUT2D eigenvalue weighted by Gasteiger charge is -2.20. The third-order valence-corrected chi connectivity index (χ3v) is 3.62. The number of rotatable bonds is 7. The number of ether oxygens (including phenoxy) is 1. The summed E-state index contributed by atoms with van der Waals surface area (Å²) in [7, 11) is 0. The third-order valence-electron chi connectivity index (χ3n) is 3.62. The Kier molecular flexibility index (Phi) is 6.20. The Hall–Kier alpha value is -1.38. The van der Waals surface area contributed by atoms with Gasteiger partial charge in [-0.2, -0.15) is 0 Å². The fourth-order valence-corrected chi connectivity index (χ4v) is 2.60. The van der Waals surface area contributed by atoms with Crippen molar-refractivity contribution in [1.29, 1.82) is 0 Å². The van der Waals surface area contributed by atoms with Crippen molar-refractivity contribution in [3.63, 3.8) is 0 Å². The molecule has 1 atom stereocenters. The van der Waals surface area contributed by atoms with Crippen LogP contribution < -0.4 is 10.1 Å². The van der Waals surface area contributed by atoms with Gasteiger partial charge in [0.15, 0.2) is 0 Å². The van der Waals surface area contributed by atoms with Gasteiger partial charge in [0, 0.05) is 31.3 Å². The summed E-state index contributed by atoms with van der Waals surface area (Å²) < 4.78 is 53.9. The Morgan fingerprint density at radius 1 is 1.26 bits per heavy atom. The van der Waals surface area contributed by atoms with Gasteiger partial charge in [-0.15, -0.1) is 13.2 Å². The summed E-state index contributed by atoms with van der Waals surface area (Å²) in [5, 5.41) is 12.8. The van der Waals surface area contributed by atoms with Crippen LogP contribution in [0.1, 0.15) is 18.4 Å². The van der Waals surface area contributed by atoms with E-state index < -0.39 is 24.0 Å². The molecule has 0 radical (unpaired) electrons. The maximum Gasteiger partial charge on any atom is 0.573 e. The number of benzene rings is 1. The lowest BCUT2D eigenvalue weighted by atomic mass is 10.2. The van der Waals surface area contributed by atoms with Crippen LogP contribution in [0.5, 0.6) is 5.75 Å². The number of nitrogens with one attached hydrogen (secondary N) is 1. The largest absolute Gasteiger partial charge is 0.573 e. The van der Waals surface area contributed by atoms with Gasteiger partial charge in [-0.25, -0.2) is 4.39 Å². The molecule has 1 heterocycles. The van der Waals surface area contributed by atoms with E-state index in [-0.39, 0.29) is 18.7 Å². The highest BCUT2D eigenvalue weighted by molar-refractivity contribution is 5.34. The molecule has 1 aliphatic heterocycles. The van der Waals surface area contributed by atoms with Gasteiger partial charge in [0.1, 0.15) is 11.6 Å². The second-order valence-electron chi connectivity index (χ2n) is 5.59. The van der Waals surface area contributed by atoms with Crippen LogP contribution in [-0.2, 0) is 6.54 Å². The van der Waals surface area contributed by atoms with Gasteiger partial charge in [0.05, 0.1) is 6.10 Å². The van der Waals surface area contributed by atoms with Crippen molar-refractivity contribution in [3.8, 4) is 5.75 Å². The summed E-state index contributed by atoms with van der Waals surface area (Å²) in [5.74, 6) is -1.37. The van der Waals surface area contributed by atoms with Crippen LogP contribution in [0.25, 0.3) is 0 Å². The van der Waals surface area contributed by atoms with E-state index in [0.717, 1.165) is 32.0 Å². The number of β-amino-alcohol motifs (C(OH)–C–C–N with tert-alkyl or cyclic N) is 1. The Morgan fingerprint density at radius 3 is 2.61 bits per heavy atom. The Balaban J connectivity index is 1.84. The normalized spacial score (nSPS) is 17.4. The summed E-state index contributed by atoms with van der Waals surface area (Å²) >= 11 is 0. The van der Waals surface area contributed by atoms with E-state index in [2.05, 4.69) is 15.0 Å². The number of alkyl halides is 3. The van der Waals surface area contributed by atoms with E-state index in [1.807, 2.05) is 0 Å². The number of aliphatic hydroxyl groups excluding tert-OH is 1. The van der Waals surface area contributed by atoms with E-state index in [4.69, 9.17) is 0 Å². The summed E-state index contributed by atoms with van der Waals surface area (Å²) in [4.78, 5) is 2.14. The number of hydrogen-bond donors (Lipinski definition) is 2. The molecule has 0 saturated carbocycles. The molecule has 130 valence electrons. The van der Waals surface area contributed by atoms with Crippen LogP contribution >= 0.6 is 0 Å². The first-order chi connectivity index (χ1) is 10.8. The van der Waals surface area contributed by atoms with Crippen LogP contribution in [0.15, 0.2) is 18.2 Å². The predicted molar refractivity (Wildman–Crippen MR) is 76.5 cm³/mol. The average Bonchev–Trinajstić information content (AvgIpc) is 2.92. The number of aliphatic hydroxyl groups is 1. The van der Waals surface area contributed by atoms with Crippen molar-refractivity contribution in [1.82, 2.24) is 10.2 Å². The second kappa shape index (κ2) is 7.94. The van der Waals surface area contributed by atoms with Crippen LogP contribution in [0.4, 0.5) is 17.6 Å². The zero-order valence-corrected chi connectivity index (χ0v) is 12.6. The van der Waals surface area contributed by atoms with Crippen LogP contribution in [0.2, 0.25) is 0 Å². The Morgan fingerprint density at radius 2 is 1.96 bits per heavy atom. The van der Waals surface area contributed by atoms with Gasteiger partial charge >= 0.3 is 6.36 Å². The quantitative estimate of drug-likeness (QED) is 0.750. The molecule has 1 aromatic rings. The molecule has 1 aromatic carbocycles. The van der Waals surface area contributed by atoms with Crippen molar-refractivity contribution in [3.05, 3.63) is 29.6 Å². The summed E-state index contributed by atoms with van der Waals surface area (Å²) in [6.07, 6.45) is -3.25. The van der Waals surface area contributed by atoms with Crippen molar-refractivity contribution >= 4 is 0 Å². The zero-order valence-electron chi connectivity index (χ0n) is 12.6. The Labute approximate surface area is 132 Å². The van der Waals surface area contributed by atoms with E-state index >= 15 is 0 Å². The second-order valence-corrected chi connectivity index (χ2v) is 5.59. The minimum Gasteiger partial charge on any atom is -0.405 e. The van der Waals surface area contributed by atoms with Crippen LogP contribution in [0.3, 0.4) is 0 Å². The highest BCUT2D eigenvalue weighted by atomic mass is 19.4. The minimum atomic E-state index is -4.88. The summed E-state index contributed by atoms with van der Waals surface area (Å²) in [6, 6.07) is 3.00. The van der Waals surface area contributed by atoms with Gasteiger partial charge in [-0.1, -0.05) is 6.07 Å². The van der Waals surface area contributed by atoms with E-state index in [1.165, 1.54) is 6.07 Å². The lowest BCUT2D eigenvalue weighted by molar-refractivity contribution is -0.275. The number of hydrogen-bond acceptors (Lipinski definition) is 4. The first kappa shape index (κ1) is 18.0. The fraction of sp³-hybridized carbons (Fsp3) is 0.600. The molecule has 1 aliphatic rings.